The van der Waals surface area contributed by atoms with E-state index >= 15 is 0 Å². The zero-order chi connectivity index (χ0) is 20.0. The van der Waals surface area contributed by atoms with Crippen molar-refractivity contribution in [1.29, 1.82) is 0 Å². The Morgan fingerprint density at radius 1 is 1.15 bits per heavy atom. The monoisotopic (exact) mass is 382 g/mol. The SMILES string of the molecule is COCOc1cc(OC)ccc1/C=C(\O[Si](C)(C)C(C)(C)C)C(=O)OC. The topological polar surface area (TPSA) is 63.2 Å². The van der Waals surface area contributed by atoms with Crippen LogP contribution < -0.4 is 9.47 Å². The second-order valence-corrected chi connectivity index (χ2v) is 12.0. The minimum Gasteiger partial charge on any atom is -0.539 e. The van der Waals surface area contributed by atoms with Crippen molar-refractivity contribution >= 4 is 20.4 Å². The van der Waals surface area contributed by atoms with Crippen molar-refractivity contribution in [2.45, 2.75) is 38.9 Å². The van der Waals surface area contributed by atoms with E-state index < -0.39 is 14.3 Å². The number of carbonyl (C=O) groups is 1. The number of hydrogen-bond donors (Lipinski definition) is 0. The van der Waals surface area contributed by atoms with Gasteiger partial charge in [-0.1, -0.05) is 20.8 Å². The first-order valence-corrected chi connectivity index (χ1v) is 11.3. The van der Waals surface area contributed by atoms with E-state index in [1.165, 1.54) is 14.2 Å². The fraction of sp³-hybridized carbons (Fsp3) is 0.526. The molecule has 0 radical (unpaired) electrons. The molecule has 1 rings (SSSR count). The molecule has 0 saturated carbocycles. The van der Waals surface area contributed by atoms with Gasteiger partial charge in [0.05, 0.1) is 14.2 Å². The second-order valence-electron chi connectivity index (χ2n) is 7.32. The van der Waals surface area contributed by atoms with E-state index in [0.717, 1.165) is 0 Å². The van der Waals surface area contributed by atoms with Gasteiger partial charge in [-0.2, -0.15) is 0 Å². The van der Waals surface area contributed by atoms with Gasteiger partial charge in [0, 0.05) is 18.7 Å². The molecule has 0 amide bonds. The smallest absolute Gasteiger partial charge is 0.371 e. The lowest BCUT2D eigenvalue weighted by atomic mass is 10.1. The predicted molar refractivity (Wildman–Crippen MR) is 104 cm³/mol. The van der Waals surface area contributed by atoms with Gasteiger partial charge in [-0.3, -0.25) is 0 Å². The molecule has 6 nitrogen and oxygen atoms in total. The highest BCUT2D eigenvalue weighted by atomic mass is 28.4. The molecule has 0 unspecified atom stereocenters. The molecule has 0 spiro atoms. The molecular formula is C19H30O6Si. The molecule has 0 aliphatic rings. The largest absolute Gasteiger partial charge is 0.539 e. The fourth-order valence-electron chi connectivity index (χ4n) is 1.81. The summed E-state index contributed by atoms with van der Waals surface area (Å²) in [4.78, 5) is 12.3. The first-order valence-electron chi connectivity index (χ1n) is 8.34. The number of rotatable bonds is 8. The molecule has 7 heteroatoms. The minimum atomic E-state index is -2.22. The normalized spacial score (nSPS) is 12.5. The summed E-state index contributed by atoms with van der Waals surface area (Å²) >= 11 is 0. The average Bonchev–Trinajstić information content (AvgIpc) is 2.58. The minimum absolute atomic E-state index is 0.0601. The highest BCUT2D eigenvalue weighted by Crippen LogP contribution is 2.38. The molecule has 0 fully saturated rings. The summed E-state index contributed by atoms with van der Waals surface area (Å²) in [5, 5.41) is -0.0601. The van der Waals surface area contributed by atoms with Crippen LogP contribution in [0.3, 0.4) is 0 Å². The van der Waals surface area contributed by atoms with Crippen LogP contribution in [0.2, 0.25) is 18.1 Å². The van der Waals surface area contributed by atoms with Crippen molar-refractivity contribution in [3.63, 3.8) is 0 Å². The number of benzene rings is 1. The Labute approximate surface area is 157 Å². The number of esters is 1. The summed E-state index contributed by atoms with van der Waals surface area (Å²) in [6.07, 6.45) is 1.64. The molecule has 0 N–H and O–H groups in total. The van der Waals surface area contributed by atoms with Gasteiger partial charge in [0.25, 0.3) is 8.32 Å². The Kier molecular flexibility index (Phi) is 7.71. The zero-order valence-corrected chi connectivity index (χ0v) is 18.0. The molecule has 1 aromatic carbocycles. The lowest BCUT2D eigenvalue weighted by Crippen LogP contribution is -2.41. The summed E-state index contributed by atoms with van der Waals surface area (Å²) < 4.78 is 26.9. The van der Waals surface area contributed by atoms with Gasteiger partial charge in [-0.15, -0.1) is 0 Å². The van der Waals surface area contributed by atoms with Crippen molar-refractivity contribution in [2.24, 2.45) is 0 Å². The van der Waals surface area contributed by atoms with Crippen molar-refractivity contribution in [3.05, 3.63) is 29.5 Å². The van der Waals surface area contributed by atoms with Crippen molar-refractivity contribution < 1.29 is 28.2 Å². The predicted octanol–water partition coefficient (Wildman–Crippen LogP) is 4.21. The number of methoxy groups -OCH3 is 3. The van der Waals surface area contributed by atoms with Crippen LogP contribution in [0.4, 0.5) is 0 Å². The molecule has 0 aliphatic heterocycles. The number of hydrogen-bond acceptors (Lipinski definition) is 6. The Morgan fingerprint density at radius 2 is 1.81 bits per heavy atom. The Morgan fingerprint density at radius 3 is 2.31 bits per heavy atom. The standard InChI is InChI=1S/C19H30O6Si/c1-19(2,3)26(7,8)25-17(18(20)23-6)11-14-9-10-15(22-5)12-16(14)24-13-21-4/h9-12H,13H2,1-8H3/b17-11-. The van der Waals surface area contributed by atoms with Crippen LogP contribution >= 0.6 is 0 Å². The van der Waals surface area contributed by atoms with E-state index in [0.29, 0.717) is 17.1 Å². The maximum Gasteiger partial charge on any atom is 0.371 e. The summed E-state index contributed by atoms with van der Waals surface area (Å²) in [6, 6.07) is 5.31. The zero-order valence-electron chi connectivity index (χ0n) is 17.0. The maximum absolute atomic E-state index is 12.3. The third-order valence-corrected chi connectivity index (χ3v) is 8.74. The van der Waals surface area contributed by atoms with E-state index in [1.54, 1.807) is 31.4 Å². The summed E-state index contributed by atoms with van der Waals surface area (Å²) in [5.41, 5.74) is 0.668. The first-order chi connectivity index (χ1) is 12.1. The van der Waals surface area contributed by atoms with Crippen molar-refractivity contribution in [2.75, 3.05) is 28.1 Å². The van der Waals surface area contributed by atoms with Crippen LogP contribution in [-0.2, 0) is 18.7 Å². The summed E-state index contributed by atoms with van der Waals surface area (Å²) in [7, 11) is 2.23. The van der Waals surface area contributed by atoms with E-state index in [1.807, 2.05) is 0 Å². The van der Waals surface area contributed by atoms with Gasteiger partial charge in [0.15, 0.2) is 12.6 Å². The van der Waals surface area contributed by atoms with E-state index in [4.69, 9.17) is 23.4 Å². The molecule has 26 heavy (non-hydrogen) atoms. The Hall–Kier alpha value is -1.99. The first kappa shape index (κ1) is 22.0. The highest BCUT2D eigenvalue weighted by molar-refractivity contribution is 6.74. The molecular weight excluding hydrogens is 352 g/mol. The van der Waals surface area contributed by atoms with Crippen molar-refractivity contribution in [3.8, 4) is 11.5 Å². The van der Waals surface area contributed by atoms with Crippen LogP contribution in [0.25, 0.3) is 6.08 Å². The average molecular weight is 383 g/mol. The molecule has 0 bridgehead atoms. The lowest BCUT2D eigenvalue weighted by molar-refractivity contribution is -0.138. The molecule has 0 atom stereocenters. The summed E-state index contributed by atoms with van der Waals surface area (Å²) in [6.45, 7) is 10.5. The van der Waals surface area contributed by atoms with E-state index in [-0.39, 0.29) is 17.6 Å². The molecule has 1 aromatic rings. The molecule has 0 aliphatic carbocycles. The van der Waals surface area contributed by atoms with Crippen LogP contribution in [0, 0.1) is 0 Å². The number of ether oxygens (including phenoxy) is 4. The second kappa shape index (κ2) is 9.09. The highest BCUT2D eigenvalue weighted by Gasteiger charge is 2.40. The third kappa shape index (κ3) is 5.78. The van der Waals surface area contributed by atoms with Gasteiger partial charge in [0.1, 0.15) is 11.5 Å². The molecule has 0 heterocycles. The van der Waals surface area contributed by atoms with E-state index in [9.17, 15) is 4.79 Å². The van der Waals surface area contributed by atoms with Gasteiger partial charge < -0.3 is 23.4 Å². The van der Waals surface area contributed by atoms with Crippen LogP contribution in [0.1, 0.15) is 26.3 Å². The lowest BCUT2D eigenvalue weighted by Gasteiger charge is -2.36. The van der Waals surface area contributed by atoms with Crippen LogP contribution in [0.5, 0.6) is 11.5 Å². The van der Waals surface area contributed by atoms with Crippen LogP contribution in [-0.4, -0.2) is 42.4 Å². The fourth-order valence-corrected chi connectivity index (χ4v) is 2.81. The Bertz CT molecular complexity index is 646. The van der Waals surface area contributed by atoms with Gasteiger partial charge in [-0.25, -0.2) is 4.79 Å². The van der Waals surface area contributed by atoms with Gasteiger partial charge in [-0.05, 0) is 36.3 Å². The maximum atomic E-state index is 12.3. The van der Waals surface area contributed by atoms with E-state index in [2.05, 4.69) is 33.9 Å². The van der Waals surface area contributed by atoms with Gasteiger partial charge in [0.2, 0.25) is 0 Å². The molecule has 0 aromatic heterocycles. The van der Waals surface area contributed by atoms with Gasteiger partial charge >= 0.3 is 5.97 Å². The number of carbonyl (C=O) groups excluding carboxylic acids is 1. The molecule has 146 valence electrons. The Balaban J connectivity index is 3.34. The quantitative estimate of drug-likeness (QED) is 0.221. The van der Waals surface area contributed by atoms with Crippen molar-refractivity contribution in [1.82, 2.24) is 0 Å². The van der Waals surface area contributed by atoms with Crippen LogP contribution in [0.15, 0.2) is 24.0 Å². The molecule has 0 saturated heterocycles. The summed E-state index contributed by atoms with van der Waals surface area (Å²) in [5.74, 6) is 0.791. The third-order valence-electron chi connectivity index (χ3n) is 4.40.